The third kappa shape index (κ3) is 8.09. The van der Waals surface area contributed by atoms with E-state index in [1.165, 1.54) is 12.0 Å². The van der Waals surface area contributed by atoms with Crippen molar-refractivity contribution in [1.29, 1.82) is 0 Å². The number of hydroxylamine groups is 2. The van der Waals surface area contributed by atoms with Crippen molar-refractivity contribution in [3.8, 4) is 0 Å². The van der Waals surface area contributed by atoms with Crippen LogP contribution >= 0.6 is 31.5 Å². The molecule has 0 fully saturated rings. The zero-order valence-corrected chi connectivity index (χ0v) is 21.4. The highest BCUT2D eigenvalue weighted by Crippen LogP contribution is 2.31. The summed E-state index contributed by atoms with van der Waals surface area (Å²) in [6.07, 6.45) is 1.88. The van der Waals surface area contributed by atoms with Crippen LogP contribution in [0.4, 0.5) is 0 Å². The summed E-state index contributed by atoms with van der Waals surface area (Å²) < 4.78 is 15.6. The minimum Gasteiger partial charge on any atom is -0.326 e. The molecule has 3 aromatic carbocycles. The highest BCUT2D eigenvalue weighted by Gasteiger charge is 2.18. The maximum atomic E-state index is 12.2. The van der Waals surface area contributed by atoms with E-state index in [2.05, 4.69) is 12.1 Å². The highest BCUT2D eigenvalue weighted by atomic mass is 35.5. The second kappa shape index (κ2) is 13.2. The van der Waals surface area contributed by atoms with Crippen molar-refractivity contribution >= 4 is 48.1 Å². The van der Waals surface area contributed by atoms with E-state index in [-0.39, 0.29) is 25.0 Å². The zero-order valence-electron chi connectivity index (χ0n) is 18.9. The summed E-state index contributed by atoms with van der Waals surface area (Å²) >= 11 is 12.3. The van der Waals surface area contributed by atoms with Crippen molar-refractivity contribution in [3.05, 3.63) is 81.8 Å². The molecule has 3 rings (SSSR count). The topological polar surface area (TPSA) is 76.1 Å². The number of rotatable bonds is 12. The molecule has 2 atom stereocenters. The summed E-state index contributed by atoms with van der Waals surface area (Å²) in [4.78, 5) is 27.0. The summed E-state index contributed by atoms with van der Waals surface area (Å²) in [5.74, 6) is -0.151. The van der Waals surface area contributed by atoms with Gasteiger partial charge in [-0.1, -0.05) is 65.7 Å². The van der Waals surface area contributed by atoms with Crippen molar-refractivity contribution in [3.63, 3.8) is 0 Å². The fourth-order valence-electron chi connectivity index (χ4n) is 3.80. The van der Waals surface area contributed by atoms with Crippen LogP contribution in [-0.4, -0.2) is 29.0 Å². The van der Waals surface area contributed by atoms with Gasteiger partial charge in [0, 0.05) is 13.5 Å². The Morgan fingerprint density at radius 3 is 2.50 bits per heavy atom. The molecular weight excluding hydrogens is 496 g/mol. The lowest BCUT2D eigenvalue weighted by Gasteiger charge is -2.24. The van der Waals surface area contributed by atoms with Gasteiger partial charge in [0.2, 0.25) is 5.91 Å². The Balaban J connectivity index is 1.64. The Bertz CT molecular complexity index is 1140. The van der Waals surface area contributed by atoms with Crippen molar-refractivity contribution < 1.29 is 23.6 Å². The van der Waals surface area contributed by atoms with E-state index in [1.54, 1.807) is 6.07 Å². The molecule has 1 amide bonds. The van der Waals surface area contributed by atoms with Crippen molar-refractivity contribution in [1.82, 2.24) is 5.06 Å². The maximum Gasteiger partial charge on any atom is 0.316 e. The Morgan fingerprint density at radius 1 is 1.03 bits per heavy atom. The number of hydrogen-bond acceptors (Lipinski definition) is 4. The monoisotopic (exact) mass is 523 g/mol. The van der Waals surface area contributed by atoms with Gasteiger partial charge in [0.05, 0.1) is 16.7 Å². The molecule has 0 bridgehead atoms. The average molecular weight is 524 g/mol. The van der Waals surface area contributed by atoms with E-state index in [0.29, 0.717) is 35.9 Å². The van der Waals surface area contributed by atoms with Gasteiger partial charge in [0.15, 0.2) is 0 Å². The predicted molar refractivity (Wildman–Crippen MR) is 136 cm³/mol. The first-order valence-electron chi connectivity index (χ1n) is 11.0. The fourth-order valence-corrected chi connectivity index (χ4v) is 4.43. The molecule has 0 spiro atoms. The number of halogens is 2. The van der Waals surface area contributed by atoms with Gasteiger partial charge in [-0.3, -0.25) is 14.2 Å². The first-order chi connectivity index (χ1) is 16.3. The van der Waals surface area contributed by atoms with Crippen LogP contribution in [0.5, 0.6) is 0 Å². The van der Waals surface area contributed by atoms with E-state index in [0.717, 1.165) is 21.9 Å². The normalized spacial score (nSPS) is 13.1. The standard InChI is InChI=1S/C25H28Cl2NO5P/c1-18(29)28(32-17-19-8-9-20-5-2-3-6-22(20)15-19)13-12-21(7-4-14-33-34(30)31)23-10-11-24(26)25(27)16-23/h2-3,5-6,8-11,15-16,21,34H,4,7,12-14,17H2,1H3,(H,30,31). The quantitative estimate of drug-likeness (QED) is 0.161. The van der Waals surface area contributed by atoms with Gasteiger partial charge in [-0.25, -0.2) is 5.06 Å². The van der Waals surface area contributed by atoms with Crippen LogP contribution in [0.15, 0.2) is 60.7 Å². The smallest absolute Gasteiger partial charge is 0.316 e. The van der Waals surface area contributed by atoms with Crippen molar-refractivity contribution in [2.75, 3.05) is 13.2 Å². The molecule has 0 aliphatic carbocycles. The Labute approximate surface area is 210 Å². The van der Waals surface area contributed by atoms with Crippen molar-refractivity contribution in [2.45, 2.75) is 38.7 Å². The number of benzene rings is 3. The Hall–Kier alpha value is -1.92. The first-order valence-corrected chi connectivity index (χ1v) is 13.0. The first kappa shape index (κ1) is 26.7. The number of amides is 1. The largest absolute Gasteiger partial charge is 0.326 e. The summed E-state index contributed by atoms with van der Waals surface area (Å²) in [5, 5.41) is 4.56. The molecular formula is C25H28Cl2NO5P. The Kier molecular flexibility index (Phi) is 10.4. The van der Waals surface area contributed by atoms with Crippen LogP contribution in [0, 0.1) is 0 Å². The van der Waals surface area contributed by atoms with E-state index in [4.69, 9.17) is 37.5 Å². The van der Waals surface area contributed by atoms with E-state index in [1.807, 2.05) is 42.5 Å². The van der Waals surface area contributed by atoms with Gasteiger partial charge in [-0.15, -0.1) is 0 Å². The van der Waals surface area contributed by atoms with E-state index >= 15 is 0 Å². The highest BCUT2D eigenvalue weighted by molar-refractivity contribution is 7.32. The summed E-state index contributed by atoms with van der Waals surface area (Å²) in [7, 11) is -2.95. The van der Waals surface area contributed by atoms with Gasteiger partial charge in [0.25, 0.3) is 0 Å². The number of hydrogen-bond donors (Lipinski definition) is 1. The van der Waals surface area contributed by atoms with Crippen LogP contribution in [0.2, 0.25) is 10.0 Å². The molecule has 0 aliphatic rings. The molecule has 0 saturated heterocycles. The lowest BCUT2D eigenvalue weighted by atomic mass is 9.91. The number of carbonyl (C=O) groups excluding carboxylic acids is 1. The molecule has 2 unspecified atom stereocenters. The van der Waals surface area contributed by atoms with Gasteiger partial charge >= 0.3 is 8.25 Å². The third-order valence-electron chi connectivity index (χ3n) is 5.57. The van der Waals surface area contributed by atoms with Crippen LogP contribution in [0.25, 0.3) is 10.8 Å². The molecule has 9 heteroatoms. The summed E-state index contributed by atoms with van der Waals surface area (Å²) in [5.41, 5.74) is 1.95. The molecule has 0 aliphatic heterocycles. The average Bonchev–Trinajstić information content (AvgIpc) is 2.81. The minimum absolute atomic E-state index is 0.0329. The van der Waals surface area contributed by atoms with Gasteiger partial charge in [-0.2, -0.15) is 0 Å². The molecule has 0 saturated carbocycles. The van der Waals surface area contributed by atoms with Crippen LogP contribution in [0.3, 0.4) is 0 Å². The minimum atomic E-state index is -2.95. The summed E-state index contributed by atoms with van der Waals surface area (Å²) in [6, 6.07) is 19.6. The number of nitrogens with zero attached hydrogens (tertiary/aromatic N) is 1. The van der Waals surface area contributed by atoms with Crippen LogP contribution in [0.1, 0.15) is 43.2 Å². The molecule has 34 heavy (non-hydrogen) atoms. The lowest BCUT2D eigenvalue weighted by molar-refractivity contribution is -0.189. The number of carbonyl (C=O) groups is 1. The van der Waals surface area contributed by atoms with Gasteiger partial charge < -0.3 is 9.42 Å². The van der Waals surface area contributed by atoms with Crippen molar-refractivity contribution in [2.24, 2.45) is 0 Å². The second-order valence-electron chi connectivity index (χ2n) is 7.99. The van der Waals surface area contributed by atoms with Gasteiger partial charge in [0.1, 0.15) is 6.61 Å². The Morgan fingerprint density at radius 2 is 1.79 bits per heavy atom. The third-order valence-corrected chi connectivity index (χ3v) is 6.76. The molecule has 3 aromatic rings. The molecule has 0 aromatic heterocycles. The molecule has 0 radical (unpaired) electrons. The predicted octanol–water partition coefficient (Wildman–Crippen LogP) is 6.78. The van der Waals surface area contributed by atoms with Crippen LogP contribution < -0.4 is 0 Å². The SMILES string of the molecule is CC(=O)N(CCC(CCCO[PH](=O)O)c1ccc(Cl)c(Cl)c1)OCc1ccc2ccccc2c1. The number of fused-ring (bicyclic) bond motifs is 1. The van der Waals surface area contributed by atoms with Crippen LogP contribution in [-0.2, 0) is 25.3 Å². The lowest BCUT2D eigenvalue weighted by Crippen LogP contribution is -2.30. The molecule has 182 valence electrons. The zero-order chi connectivity index (χ0) is 24.5. The molecule has 6 nitrogen and oxygen atoms in total. The molecule has 0 heterocycles. The van der Waals surface area contributed by atoms with Gasteiger partial charge in [-0.05, 0) is 65.3 Å². The second-order valence-corrected chi connectivity index (χ2v) is 9.63. The van der Waals surface area contributed by atoms with E-state index in [9.17, 15) is 9.36 Å². The fraction of sp³-hybridized carbons (Fsp3) is 0.320. The summed E-state index contributed by atoms with van der Waals surface area (Å²) in [6.45, 7) is 2.31. The van der Waals surface area contributed by atoms with E-state index < -0.39 is 8.25 Å². The maximum absolute atomic E-state index is 12.2. The molecule has 1 N–H and O–H groups in total.